The van der Waals surface area contributed by atoms with Gasteiger partial charge in [0.1, 0.15) is 12.2 Å². The molecule has 0 aromatic heterocycles. The van der Waals surface area contributed by atoms with Crippen LogP contribution in [0.2, 0.25) is 0 Å². The number of carbonyl (C=O) groups excluding carboxylic acids is 2. The molecule has 1 fully saturated rings. The van der Waals surface area contributed by atoms with E-state index in [4.69, 9.17) is 9.84 Å². The molecule has 6 atom stereocenters. The molecular weight excluding hydrogens is 388 g/mol. The fraction of sp³-hybridized carbons (Fsp3) is 0.500. The van der Waals surface area contributed by atoms with Crippen molar-refractivity contribution in [1.82, 2.24) is 10.6 Å². The van der Waals surface area contributed by atoms with Gasteiger partial charge in [-0.05, 0) is 12.1 Å². The van der Waals surface area contributed by atoms with Crippen molar-refractivity contribution in [2.24, 2.45) is 0 Å². The van der Waals surface area contributed by atoms with E-state index in [9.17, 15) is 34.8 Å². The minimum absolute atomic E-state index is 0.315. The number of carboxylic acid groups (broad SMARTS) is 1. The Morgan fingerprint density at radius 2 is 1.86 bits per heavy atom. The quantitative estimate of drug-likeness (QED) is 0.256. The Kier molecular flexibility index (Phi) is 7.27. The van der Waals surface area contributed by atoms with Crippen molar-refractivity contribution in [3.8, 4) is 0 Å². The van der Waals surface area contributed by atoms with Crippen LogP contribution in [0.1, 0.15) is 23.7 Å². The monoisotopic (exact) mass is 412 g/mol. The van der Waals surface area contributed by atoms with E-state index >= 15 is 0 Å². The molecule has 0 spiro atoms. The summed E-state index contributed by atoms with van der Waals surface area (Å²) in [5.41, 5.74) is 0.315. The lowest BCUT2D eigenvalue weighted by molar-refractivity contribution is -0.294. The van der Waals surface area contributed by atoms with Crippen LogP contribution in [0.25, 0.3) is 0 Å². The van der Waals surface area contributed by atoms with Gasteiger partial charge in [0.05, 0.1) is 18.2 Å². The average Bonchev–Trinajstić information content (AvgIpc) is 2.67. The second-order valence-electron chi connectivity index (χ2n) is 6.80. The van der Waals surface area contributed by atoms with Crippen molar-refractivity contribution in [3.05, 3.63) is 35.9 Å². The summed E-state index contributed by atoms with van der Waals surface area (Å²) in [6.07, 6.45) is -7.54. The molecule has 11 heteroatoms. The van der Waals surface area contributed by atoms with Gasteiger partial charge in [-0.1, -0.05) is 18.2 Å². The Balaban J connectivity index is 2.12. The smallest absolute Gasteiger partial charge is 0.364 e. The van der Waals surface area contributed by atoms with Gasteiger partial charge in [-0.25, -0.2) is 4.79 Å². The van der Waals surface area contributed by atoms with Crippen LogP contribution in [0.3, 0.4) is 0 Å². The highest BCUT2D eigenvalue weighted by Gasteiger charge is 2.53. The zero-order valence-electron chi connectivity index (χ0n) is 15.6. The number of aliphatic hydroxyl groups excluding tert-OH is 3. The Hall–Kier alpha value is -2.57. The van der Waals surface area contributed by atoms with Gasteiger partial charge in [0.25, 0.3) is 11.7 Å². The third kappa shape index (κ3) is 5.49. The van der Waals surface area contributed by atoms with Crippen LogP contribution in [0, 0.1) is 0 Å². The Bertz CT molecular complexity index is 744. The second kappa shape index (κ2) is 9.29. The molecule has 29 heavy (non-hydrogen) atoms. The first kappa shape index (κ1) is 22.7. The Morgan fingerprint density at radius 1 is 1.24 bits per heavy atom. The van der Waals surface area contributed by atoms with E-state index in [0.717, 1.165) is 6.92 Å². The Morgan fingerprint density at radius 3 is 2.41 bits per heavy atom. The summed E-state index contributed by atoms with van der Waals surface area (Å²) in [5, 5.41) is 54.8. The van der Waals surface area contributed by atoms with Gasteiger partial charge in [-0.2, -0.15) is 0 Å². The van der Waals surface area contributed by atoms with Crippen LogP contribution in [0.5, 0.6) is 0 Å². The number of aliphatic hydroxyl groups is 4. The van der Waals surface area contributed by atoms with Crippen LogP contribution < -0.4 is 10.6 Å². The van der Waals surface area contributed by atoms with E-state index in [1.165, 1.54) is 0 Å². The molecule has 1 aromatic rings. The molecule has 160 valence electrons. The zero-order valence-corrected chi connectivity index (χ0v) is 15.6. The molecule has 0 aliphatic carbocycles. The van der Waals surface area contributed by atoms with E-state index in [1.807, 2.05) is 0 Å². The molecule has 2 rings (SSSR count). The highest BCUT2D eigenvalue weighted by Crippen LogP contribution is 2.30. The third-order valence-corrected chi connectivity index (χ3v) is 4.53. The van der Waals surface area contributed by atoms with Crippen molar-refractivity contribution in [2.75, 3.05) is 6.54 Å². The summed E-state index contributed by atoms with van der Waals surface area (Å²) < 4.78 is 5.05. The van der Waals surface area contributed by atoms with Crippen molar-refractivity contribution < 1.29 is 44.7 Å². The Labute approximate surface area is 165 Å². The van der Waals surface area contributed by atoms with E-state index < -0.39 is 67.0 Å². The number of carbonyl (C=O) groups is 3. The highest BCUT2D eigenvalue weighted by molar-refractivity contribution is 5.94. The molecule has 1 saturated heterocycles. The first-order chi connectivity index (χ1) is 13.5. The molecule has 0 bridgehead atoms. The van der Waals surface area contributed by atoms with Crippen LogP contribution in [-0.4, -0.2) is 86.1 Å². The maximum Gasteiger partial charge on any atom is 0.364 e. The third-order valence-electron chi connectivity index (χ3n) is 4.53. The predicted octanol–water partition coefficient (Wildman–Crippen LogP) is -2.43. The number of hydrogen-bond acceptors (Lipinski definition) is 8. The molecule has 2 amide bonds. The fourth-order valence-corrected chi connectivity index (χ4v) is 3.04. The topological polar surface area (TPSA) is 186 Å². The van der Waals surface area contributed by atoms with E-state index in [-0.39, 0.29) is 0 Å². The molecule has 0 radical (unpaired) electrons. The van der Waals surface area contributed by atoms with E-state index in [0.29, 0.717) is 5.56 Å². The average molecular weight is 412 g/mol. The number of carboxylic acids is 1. The van der Waals surface area contributed by atoms with Crippen molar-refractivity contribution >= 4 is 17.8 Å². The van der Waals surface area contributed by atoms with E-state index in [2.05, 4.69) is 10.6 Å². The summed E-state index contributed by atoms with van der Waals surface area (Å²) in [5.74, 6) is -5.76. The van der Waals surface area contributed by atoms with Crippen LogP contribution in [0.4, 0.5) is 0 Å². The summed E-state index contributed by atoms with van der Waals surface area (Å²) in [6.45, 7) is 0.688. The summed E-state index contributed by atoms with van der Waals surface area (Å²) >= 11 is 0. The van der Waals surface area contributed by atoms with E-state index in [1.54, 1.807) is 30.3 Å². The van der Waals surface area contributed by atoms with Gasteiger partial charge < -0.3 is 40.9 Å². The molecular formula is C18H24N2O9. The molecule has 1 aromatic carbocycles. The number of amides is 2. The normalized spacial score (nSPS) is 28.8. The lowest BCUT2D eigenvalue weighted by Crippen LogP contribution is -2.67. The van der Waals surface area contributed by atoms with Gasteiger partial charge in [-0.15, -0.1) is 0 Å². The van der Waals surface area contributed by atoms with Gasteiger partial charge >= 0.3 is 5.97 Å². The van der Waals surface area contributed by atoms with Crippen LogP contribution in [-0.2, 0) is 14.3 Å². The maximum absolute atomic E-state index is 12.1. The predicted molar refractivity (Wildman–Crippen MR) is 96.5 cm³/mol. The van der Waals surface area contributed by atoms with Gasteiger partial charge in [0.15, 0.2) is 0 Å². The number of nitrogens with one attached hydrogen (secondary N) is 2. The number of benzene rings is 1. The lowest BCUT2D eigenvalue weighted by Gasteiger charge is -2.44. The molecule has 1 aliphatic rings. The summed E-state index contributed by atoms with van der Waals surface area (Å²) in [6, 6.07) is 6.77. The molecule has 0 unspecified atom stereocenters. The zero-order chi connectivity index (χ0) is 21.8. The second-order valence-corrected chi connectivity index (χ2v) is 6.80. The molecule has 0 saturated carbocycles. The highest BCUT2D eigenvalue weighted by atomic mass is 16.7. The number of rotatable bonds is 7. The van der Waals surface area contributed by atoms with Gasteiger partial charge in [0.2, 0.25) is 5.91 Å². The minimum atomic E-state index is -2.83. The number of ether oxygens (including phenoxy) is 1. The first-order valence-electron chi connectivity index (χ1n) is 8.83. The SMILES string of the molecule is CC(=O)N[C@H]1[C@H]([C@H](O)[C@@H](O)CNC(=O)c2ccccc2)O[C@](O)(C(=O)O)C[C@@H]1O. The van der Waals surface area contributed by atoms with Crippen LogP contribution in [0.15, 0.2) is 30.3 Å². The minimum Gasteiger partial charge on any atom is -0.477 e. The first-order valence-corrected chi connectivity index (χ1v) is 8.83. The summed E-state index contributed by atoms with van der Waals surface area (Å²) in [4.78, 5) is 34.7. The molecule has 7 N–H and O–H groups in total. The van der Waals surface area contributed by atoms with Gasteiger partial charge in [-0.3, -0.25) is 9.59 Å². The van der Waals surface area contributed by atoms with Crippen molar-refractivity contribution in [2.45, 2.75) is 49.6 Å². The van der Waals surface area contributed by atoms with Crippen LogP contribution >= 0.6 is 0 Å². The maximum atomic E-state index is 12.1. The molecule has 1 aliphatic heterocycles. The van der Waals surface area contributed by atoms with Crippen molar-refractivity contribution in [3.63, 3.8) is 0 Å². The van der Waals surface area contributed by atoms with Crippen molar-refractivity contribution in [1.29, 1.82) is 0 Å². The summed E-state index contributed by atoms with van der Waals surface area (Å²) in [7, 11) is 0. The molecule has 1 heterocycles. The number of aliphatic carboxylic acids is 1. The lowest BCUT2D eigenvalue weighted by atomic mass is 9.88. The fourth-order valence-electron chi connectivity index (χ4n) is 3.04. The van der Waals surface area contributed by atoms with Gasteiger partial charge in [0, 0.05) is 25.5 Å². The molecule has 11 nitrogen and oxygen atoms in total. The largest absolute Gasteiger partial charge is 0.477 e. The number of hydrogen-bond donors (Lipinski definition) is 7. The standard InChI is InChI=1S/C18H24N2O9/c1-9(21)20-13-11(22)7-18(28,17(26)27)29-15(13)14(24)12(23)8-19-16(25)10-5-3-2-4-6-10/h2-6,11-15,22-24,28H,7-8H2,1H3,(H,19,25)(H,20,21)(H,26,27)/t11-,12-,13+,14+,15+,18-/m0/s1.